The number of esters is 1. The topological polar surface area (TPSA) is 72.5 Å². The maximum atomic E-state index is 12.1. The van der Waals surface area contributed by atoms with Gasteiger partial charge >= 0.3 is 5.97 Å². The SMILES string of the molecule is COC(=O)C1(Nc2ccc(Br)cc2)CCCS(=O)(=O)C1. The zero-order chi connectivity index (χ0) is 14.8. The van der Waals surface area contributed by atoms with Crippen molar-refractivity contribution in [3.63, 3.8) is 0 Å². The molecule has 1 aromatic carbocycles. The van der Waals surface area contributed by atoms with Gasteiger partial charge in [-0.05, 0) is 37.1 Å². The van der Waals surface area contributed by atoms with Crippen LogP contribution in [-0.2, 0) is 19.4 Å². The number of hydrogen-bond acceptors (Lipinski definition) is 5. The summed E-state index contributed by atoms with van der Waals surface area (Å²) in [7, 11) is -1.97. The number of rotatable bonds is 3. The summed E-state index contributed by atoms with van der Waals surface area (Å²) in [5.41, 5.74) is -0.504. The molecule has 0 aromatic heterocycles. The van der Waals surface area contributed by atoms with Crippen LogP contribution in [0.3, 0.4) is 0 Å². The van der Waals surface area contributed by atoms with Gasteiger partial charge in [0.15, 0.2) is 9.84 Å². The van der Waals surface area contributed by atoms with E-state index in [0.717, 1.165) is 4.47 Å². The Bertz CT molecular complexity index is 599. The molecule has 1 fully saturated rings. The number of halogens is 1. The Morgan fingerprint density at radius 1 is 1.35 bits per heavy atom. The lowest BCUT2D eigenvalue weighted by Crippen LogP contribution is -2.55. The van der Waals surface area contributed by atoms with Gasteiger partial charge in [-0.2, -0.15) is 0 Å². The van der Waals surface area contributed by atoms with Crippen LogP contribution in [0.5, 0.6) is 0 Å². The van der Waals surface area contributed by atoms with E-state index in [-0.39, 0.29) is 11.5 Å². The Morgan fingerprint density at radius 3 is 2.55 bits per heavy atom. The second-order valence-electron chi connectivity index (χ2n) is 4.90. The molecule has 0 amide bonds. The summed E-state index contributed by atoms with van der Waals surface area (Å²) in [6.45, 7) is 0. The smallest absolute Gasteiger partial charge is 0.332 e. The van der Waals surface area contributed by atoms with Crippen molar-refractivity contribution in [1.29, 1.82) is 0 Å². The molecule has 0 radical (unpaired) electrons. The van der Waals surface area contributed by atoms with Crippen LogP contribution < -0.4 is 5.32 Å². The zero-order valence-electron chi connectivity index (χ0n) is 11.1. The quantitative estimate of drug-likeness (QED) is 0.833. The Morgan fingerprint density at radius 2 is 2.00 bits per heavy atom. The Balaban J connectivity index is 2.32. The standard InChI is InChI=1S/C13H16BrNO4S/c1-19-12(16)13(7-2-8-20(17,18)9-13)15-11-5-3-10(14)4-6-11/h3-6,15H,2,7-9H2,1H3. The third-order valence-electron chi connectivity index (χ3n) is 3.33. The van der Waals surface area contributed by atoms with E-state index in [4.69, 9.17) is 4.74 Å². The van der Waals surface area contributed by atoms with Gasteiger partial charge in [0.1, 0.15) is 5.54 Å². The second kappa shape index (κ2) is 5.73. The molecule has 1 saturated heterocycles. The van der Waals surface area contributed by atoms with Crippen LogP contribution in [0, 0.1) is 0 Å². The van der Waals surface area contributed by atoms with Gasteiger partial charge in [-0.1, -0.05) is 15.9 Å². The van der Waals surface area contributed by atoms with E-state index in [1.165, 1.54) is 7.11 Å². The summed E-state index contributed by atoms with van der Waals surface area (Å²) in [6, 6.07) is 7.22. The number of methoxy groups -OCH3 is 1. The zero-order valence-corrected chi connectivity index (χ0v) is 13.5. The van der Waals surface area contributed by atoms with Crippen LogP contribution in [0.1, 0.15) is 12.8 Å². The van der Waals surface area contributed by atoms with Crippen LogP contribution in [0.2, 0.25) is 0 Å². The maximum Gasteiger partial charge on any atom is 0.332 e. The predicted molar refractivity (Wildman–Crippen MR) is 80.4 cm³/mol. The van der Waals surface area contributed by atoms with E-state index in [1.54, 1.807) is 12.1 Å². The average molecular weight is 362 g/mol. The predicted octanol–water partition coefficient (Wildman–Crippen LogP) is 1.98. The normalized spacial score (nSPS) is 24.9. The second-order valence-corrected chi connectivity index (χ2v) is 8.00. The van der Waals surface area contributed by atoms with Crippen LogP contribution in [0.4, 0.5) is 5.69 Å². The molecule has 7 heteroatoms. The van der Waals surface area contributed by atoms with Crippen LogP contribution >= 0.6 is 15.9 Å². The molecule has 1 N–H and O–H groups in total. The molecule has 0 bridgehead atoms. The van der Waals surface area contributed by atoms with Crippen molar-refractivity contribution in [2.75, 3.05) is 23.9 Å². The molecule has 0 spiro atoms. The summed E-state index contributed by atoms with van der Waals surface area (Å²) in [5, 5.41) is 3.05. The summed E-state index contributed by atoms with van der Waals surface area (Å²) in [4.78, 5) is 12.1. The molecule has 1 aliphatic heterocycles. The lowest BCUT2D eigenvalue weighted by Gasteiger charge is -2.35. The minimum Gasteiger partial charge on any atom is -0.467 e. The highest BCUT2D eigenvalue weighted by molar-refractivity contribution is 9.10. The summed E-state index contributed by atoms with van der Waals surface area (Å²) in [5.74, 6) is -0.653. The molecular weight excluding hydrogens is 346 g/mol. The molecule has 1 aromatic rings. The minimum absolute atomic E-state index is 0.119. The van der Waals surface area contributed by atoms with E-state index in [0.29, 0.717) is 18.5 Å². The van der Waals surface area contributed by atoms with Crippen LogP contribution in [0.15, 0.2) is 28.7 Å². The van der Waals surface area contributed by atoms with Gasteiger partial charge in [-0.15, -0.1) is 0 Å². The highest BCUT2D eigenvalue weighted by Crippen LogP contribution is 2.29. The fraction of sp³-hybridized carbons (Fsp3) is 0.462. The number of benzene rings is 1. The van der Waals surface area contributed by atoms with E-state index in [2.05, 4.69) is 21.2 Å². The number of nitrogens with one attached hydrogen (secondary N) is 1. The van der Waals surface area contributed by atoms with Gasteiger partial charge in [-0.25, -0.2) is 13.2 Å². The summed E-state index contributed by atoms with van der Waals surface area (Å²) in [6.07, 6.45) is 0.885. The maximum absolute atomic E-state index is 12.1. The van der Waals surface area contributed by atoms with E-state index < -0.39 is 21.3 Å². The van der Waals surface area contributed by atoms with Crippen molar-refractivity contribution in [2.24, 2.45) is 0 Å². The fourth-order valence-electron chi connectivity index (χ4n) is 2.43. The average Bonchev–Trinajstić information content (AvgIpc) is 2.39. The first kappa shape index (κ1) is 15.3. The fourth-order valence-corrected chi connectivity index (χ4v) is 4.51. The molecule has 1 aliphatic rings. The number of sulfone groups is 1. The van der Waals surface area contributed by atoms with Crippen molar-refractivity contribution >= 4 is 37.4 Å². The Kier molecular flexibility index (Phi) is 4.39. The van der Waals surface area contributed by atoms with Crippen LogP contribution in [-0.4, -0.2) is 38.5 Å². The number of ether oxygens (including phenoxy) is 1. The molecule has 110 valence electrons. The lowest BCUT2D eigenvalue weighted by atomic mass is 9.95. The first-order chi connectivity index (χ1) is 9.37. The molecule has 1 atom stereocenters. The minimum atomic E-state index is -3.25. The van der Waals surface area contributed by atoms with Crippen LogP contribution in [0.25, 0.3) is 0 Å². The molecule has 2 rings (SSSR count). The van der Waals surface area contributed by atoms with E-state index >= 15 is 0 Å². The van der Waals surface area contributed by atoms with Gasteiger partial charge in [0.05, 0.1) is 18.6 Å². The van der Waals surface area contributed by atoms with Crippen molar-refractivity contribution in [3.05, 3.63) is 28.7 Å². The molecular formula is C13H16BrNO4S. The van der Waals surface area contributed by atoms with Gasteiger partial charge in [0.2, 0.25) is 0 Å². The van der Waals surface area contributed by atoms with Gasteiger partial charge in [0, 0.05) is 10.2 Å². The lowest BCUT2D eigenvalue weighted by molar-refractivity contribution is -0.145. The molecule has 5 nitrogen and oxygen atoms in total. The molecule has 0 saturated carbocycles. The summed E-state index contributed by atoms with van der Waals surface area (Å²) >= 11 is 3.33. The van der Waals surface area contributed by atoms with Crippen molar-refractivity contribution < 1.29 is 17.9 Å². The third-order valence-corrected chi connectivity index (χ3v) is 5.70. The number of carbonyl (C=O) groups is 1. The Hall–Kier alpha value is -1.08. The van der Waals surface area contributed by atoms with Crippen molar-refractivity contribution in [1.82, 2.24) is 0 Å². The van der Waals surface area contributed by atoms with E-state index in [9.17, 15) is 13.2 Å². The molecule has 0 aliphatic carbocycles. The number of anilines is 1. The number of hydrogen-bond donors (Lipinski definition) is 1. The largest absolute Gasteiger partial charge is 0.467 e. The molecule has 1 heterocycles. The monoisotopic (exact) mass is 361 g/mol. The summed E-state index contributed by atoms with van der Waals surface area (Å²) < 4.78 is 29.5. The van der Waals surface area contributed by atoms with Gasteiger partial charge in [-0.3, -0.25) is 0 Å². The first-order valence-corrected chi connectivity index (χ1v) is 8.81. The number of carbonyl (C=O) groups excluding carboxylic acids is 1. The van der Waals surface area contributed by atoms with Crippen molar-refractivity contribution in [2.45, 2.75) is 18.4 Å². The molecule has 20 heavy (non-hydrogen) atoms. The van der Waals surface area contributed by atoms with Gasteiger partial charge in [0.25, 0.3) is 0 Å². The first-order valence-electron chi connectivity index (χ1n) is 6.19. The molecule has 1 unspecified atom stereocenters. The van der Waals surface area contributed by atoms with Crippen molar-refractivity contribution in [3.8, 4) is 0 Å². The van der Waals surface area contributed by atoms with E-state index in [1.807, 2.05) is 12.1 Å². The highest BCUT2D eigenvalue weighted by atomic mass is 79.9. The van der Waals surface area contributed by atoms with Gasteiger partial charge < -0.3 is 10.1 Å². The highest BCUT2D eigenvalue weighted by Gasteiger charge is 2.46. The third kappa shape index (κ3) is 3.32. The Labute approximate surface area is 126 Å².